The number of carbonyl (C=O) groups is 1. The molecule has 3 heterocycles. The number of nitrogens with zero attached hydrogens (tertiary/aromatic N) is 3. The average Bonchev–Trinajstić information content (AvgIpc) is 2.91. The lowest BCUT2D eigenvalue weighted by molar-refractivity contribution is 0.103. The molecule has 0 atom stereocenters. The van der Waals surface area contributed by atoms with Gasteiger partial charge in [-0.2, -0.15) is 0 Å². The van der Waals surface area contributed by atoms with Crippen molar-refractivity contribution in [2.75, 3.05) is 0 Å². The molecule has 0 N–H and O–H groups in total. The van der Waals surface area contributed by atoms with Gasteiger partial charge in [0.05, 0.1) is 16.6 Å². The predicted octanol–water partition coefficient (Wildman–Crippen LogP) is 3.34. The fourth-order valence-electron chi connectivity index (χ4n) is 3.03. The monoisotopic (exact) mass is 330 g/mol. The number of fused-ring (bicyclic) bond motifs is 4. The molecule has 0 fully saturated rings. The van der Waals surface area contributed by atoms with Crippen LogP contribution in [-0.2, 0) is 0 Å². The minimum atomic E-state index is -0.265. The molecule has 123 valence electrons. The van der Waals surface area contributed by atoms with Gasteiger partial charge in [0.2, 0.25) is 5.78 Å². The highest BCUT2D eigenvalue weighted by atomic mass is 16.1. The summed E-state index contributed by atoms with van der Waals surface area (Å²) in [5.41, 5.74) is 2.05. The Morgan fingerprint density at radius 3 is 2.92 bits per heavy atom. The summed E-state index contributed by atoms with van der Waals surface area (Å²) in [6.07, 6.45) is 8.51. The smallest absolute Gasteiger partial charge is 0.267 e. The first-order valence-corrected chi connectivity index (χ1v) is 8.23. The van der Waals surface area contributed by atoms with Crippen molar-refractivity contribution in [2.45, 2.75) is 19.3 Å². The van der Waals surface area contributed by atoms with Crippen molar-refractivity contribution in [1.29, 1.82) is 0 Å². The molecule has 0 saturated carbocycles. The second-order valence-electron chi connectivity index (χ2n) is 5.95. The molecule has 1 aliphatic rings. The van der Waals surface area contributed by atoms with Crippen molar-refractivity contribution >= 4 is 22.9 Å². The molecule has 1 radical (unpaired) electrons. The molecule has 5 heteroatoms. The average molecular weight is 330 g/mol. The maximum absolute atomic E-state index is 12.8. The molecule has 0 unspecified atom stereocenters. The molecule has 0 spiro atoms. The SMILES string of the molecule is [CH2]CCC/C=C/c1ccc2c(c1)C(=O)c1nc3ncccc3c(=O)n1-2. The third kappa shape index (κ3) is 2.48. The fraction of sp³-hybridized carbons (Fsp3) is 0.150. The standard InChI is InChI=1S/C20H16N3O2/c1-2-3-4-5-7-13-9-10-16-15(12-13)17(24)19-22-18-14(8-6-11-21-18)20(25)23(16)19/h5-12H,1-4H2/b7-5+. The first-order chi connectivity index (χ1) is 12.2. The van der Waals surface area contributed by atoms with Crippen molar-refractivity contribution in [3.63, 3.8) is 0 Å². The van der Waals surface area contributed by atoms with Gasteiger partial charge in [0.15, 0.2) is 11.5 Å². The summed E-state index contributed by atoms with van der Waals surface area (Å²) < 4.78 is 1.39. The van der Waals surface area contributed by atoms with Crippen LogP contribution in [0.1, 0.15) is 41.0 Å². The lowest BCUT2D eigenvalue weighted by atomic mass is 10.1. The zero-order chi connectivity index (χ0) is 17.4. The van der Waals surface area contributed by atoms with Crippen LogP contribution in [0.2, 0.25) is 0 Å². The van der Waals surface area contributed by atoms with E-state index in [9.17, 15) is 9.59 Å². The Labute approximate surface area is 144 Å². The maximum atomic E-state index is 12.8. The van der Waals surface area contributed by atoms with E-state index in [1.807, 2.05) is 18.2 Å². The van der Waals surface area contributed by atoms with Gasteiger partial charge in [-0.3, -0.25) is 14.2 Å². The molecule has 2 aromatic heterocycles. The number of unbranched alkanes of at least 4 members (excludes halogenated alkanes) is 2. The highest BCUT2D eigenvalue weighted by Crippen LogP contribution is 2.27. The Morgan fingerprint density at radius 1 is 1.20 bits per heavy atom. The minimum Gasteiger partial charge on any atom is -0.285 e. The number of hydrogen-bond donors (Lipinski definition) is 0. The Morgan fingerprint density at radius 2 is 2.08 bits per heavy atom. The number of aromatic nitrogens is 3. The number of rotatable bonds is 4. The summed E-state index contributed by atoms with van der Waals surface area (Å²) in [4.78, 5) is 33.9. The van der Waals surface area contributed by atoms with Crippen molar-refractivity contribution in [1.82, 2.24) is 14.5 Å². The van der Waals surface area contributed by atoms with Crippen LogP contribution < -0.4 is 5.56 Å². The second kappa shape index (κ2) is 6.09. The van der Waals surface area contributed by atoms with Crippen molar-refractivity contribution in [3.05, 3.63) is 76.8 Å². The third-order valence-corrected chi connectivity index (χ3v) is 4.28. The van der Waals surface area contributed by atoms with Gasteiger partial charge in [-0.05, 0) is 42.7 Å². The molecule has 1 aromatic carbocycles. The molecule has 0 saturated heterocycles. The summed E-state index contributed by atoms with van der Waals surface area (Å²) in [5, 5.41) is 0.407. The van der Waals surface area contributed by atoms with E-state index in [1.54, 1.807) is 24.4 Å². The van der Waals surface area contributed by atoms with Crippen LogP contribution in [0, 0.1) is 6.92 Å². The van der Waals surface area contributed by atoms with Crippen LogP contribution in [0.5, 0.6) is 0 Å². The van der Waals surface area contributed by atoms with E-state index in [2.05, 4.69) is 23.0 Å². The molecule has 4 rings (SSSR count). The van der Waals surface area contributed by atoms with E-state index >= 15 is 0 Å². The molecular formula is C20H16N3O2. The zero-order valence-electron chi connectivity index (χ0n) is 13.6. The largest absolute Gasteiger partial charge is 0.285 e. The Hall–Kier alpha value is -3.08. The van der Waals surface area contributed by atoms with Gasteiger partial charge < -0.3 is 0 Å². The molecular weight excluding hydrogens is 314 g/mol. The highest BCUT2D eigenvalue weighted by molar-refractivity contribution is 6.13. The van der Waals surface area contributed by atoms with Crippen LogP contribution in [0.15, 0.2) is 47.4 Å². The van der Waals surface area contributed by atoms with Crippen LogP contribution in [-0.4, -0.2) is 20.3 Å². The van der Waals surface area contributed by atoms with Gasteiger partial charge in [0, 0.05) is 6.20 Å². The first kappa shape index (κ1) is 15.4. The Bertz CT molecular complexity index is 1080. The molecule has 25 heavy (non-hydrogen) atoms. The Kier molecular flexibility index (Phi) is 3.76. The highest BCUT2D eigenvalue weighted by Gasteiger charge is 2.30. The van der Waals surface area contributed by atoms with E-state index in [1.165, 1.54) is 4.57 Å². The van der Waals surface area contributed by atoms with Crippen LogP contribution in [0.3, 0.4) is 0 Å². The maximum Gasteiger partial charge on any atom is 0.267 e. The van der Waals surface area contributed by atoms with Gasteiger partial charge in [-0.15, -0.1) is 0 Å². The normalized spacial score (nSPS) is 12.8. The fourth-order valence-corrected chi connectivity index (χ4v) is 3.03. The molecule has 5 nitrogen and oxygen atoms in total. The van der Waals surface area contributed by atoms with E-state index < -0.39 is 0 Å². The summed E-state index contributed by atoms with van der Waals surface area (Å²) in [6, 6.07) is 8.88. The van der Waals surface area contributed by atoms with Crippen LogP contribution in [0.25, 0.3) is 22.8 Å². The van der Waals surface area contributed by atoms with Crippen LogP contribution >= 0.6 is 0 Å². The van der Waals surface area contributed by atoms with E-state index in [-0.39, 0.29) is 17.2 Å². The summed E-state index contributed by atoms with van der Waals surface area (Å²) >= 11 is 0. The number of hydrogen-bond acceptors (Lipinski definition) is 4. The number of benzene rings is 1. The zero-order valence-corrected chi connectivity index (χ0v) is 13.6. The summed E-state index contributed by atoms with van der Waals surface area (Å²) in [6.45, 7) is 3.82. The first-order valence-electron chi connectivity index (χ1n) is 8.23. The number of pyridine rings is 1. The van der Waals surface area contributed by atoms with Crippen molar-refractivity contribution in [3.8, 4) is 5.69 Å². The van der Waals surface area contributed by atoms with Crippen molar-refractivity contribution in [2.24, 2.45) is 0 Å². The number of carbonyl (C=O) groups excluding carboxylic acids is 1. The van der Waals surface area contributed by atoms with E-state index in [4.69, 9.17) is 0 Å². The van der Waals surface area contributed by atoms with Crippen molar-refractivity contribution < 1.29 is 4.79 Å². The topological polar surface area (TPSA) is 64.8 Å². The van der Waals surface area contributed by atoms with Gasteiger partial charge >= 0.3 is 0 Å². The molecule has 1 aliphatic heterocycles. The summed E-state index contributed by atoms with van der Waals surface area (Å²) in [5.74, 6) is -0.114. The Balaban J connectivity index is 1.83. The lowest BCUT2D eigenvalue weighted by Gasteiger charge is -2.05. The third-order valence-electron chi connectivity index (χ3n) is 4.28. The van der Waals surface area contributed by atoms with E-state index in [0.29, 0.717) is 22.3 Å². The molecule has 0 amide bonds. The van der Waals surface area contributed by atoms with Gasteiger partial charge in [-0.25, -0.2) is 9.97 Å². The molecule has 3 aromatic rings. The molecule has 0 bridgehead atoms. The predicted molar refractivity (Wildman–Crippen MR) is 96.8 cm³/mol. The lowest BCUT2D eigenvalue weighted by Crippen LogP contribution is -2.21. The second-order valence-corrected chi connectivity index (χ2v) is 5.95. The number of allylic oxidation sites excluding steroid dienone is 1. The quantitative estimate of drug-likeness (QED) is 0.538. The summed E-state index contributed by atoms with van der Waals surface area (Å²) in [7, 11) is 0. The van der Waals surface area contributed by atoms with Crippen LogP contribution in [0.4, 0.5) is 0 Å². The van der Waals surface area contributed by atoms with Gasteiger partial charge in [-0.1, -0.05) is 31.6 Å². The number of ketones is 1. The molecule has 0 aliphatic carbocycles. The van der Waals surface area contributed by atoms with Gasteiger partial charge in [0.25, 0.3) is 5.56 Å². The minimum absolute atomic E-state index is 0.129. The van der Waals surface area contributed by atoms with Gasteiger partial charge in [0.1, 0.15) is 0 Å². The van der Waals surface area contributed by atoms with E-state index in [0.717, 1.165) is 24.8 Å².